The van der Waals surface area contributed by atoms with E-state index in [1.807, 2.05) is 19.1 Å². The van der Waals surface area contributed by atoms with Crippen LogP contribution in [0.1, 0.15) is 38.7 Å². The SMILES string of the molecule is CCNC(=NCCCOc1ccc(C)cc1)N1CCC(C(=O)OCC)CC1. The lowest BCUT2D eigenvalue weighted by atomic mass is 9.97. The molecular formula is C21H33N3O3. The van der Waals surface area contributed by atoms with E-state index in [0.717, 1.165) is 50.6 Å². The molecule has 1 aromatic rings. The molecule has 0 bridgehead atoms. The second-order valence-electron chi connectivity index (χ2n) is 6.76. The smallest absolute Gasteiger partial charge is 0.309 e. The Kier molecular flexibility index (Phi) is 8.95. The van der Waals surface area contributed by atoms with Crippen LogP contribution in [0.2, 0.25) is 0 Å². The zero-order valence-corrected chi connectivity index (χ0v) is 16.9. The molecule has 0 saturated carbocycles. The molecule has 1 aliphatic rings. The van der Waals surface area contributed by atoms with Crippen molar-refractivity contribution in [3.05, 3.63) is 29.8 Å². The van der Waals surface area contributed by atoms with Crippen molar-refractivity contribution in [2.45, 2.75) is 40.0 Å². The van der Waals surface area contributed by atoms with Crippen molar-refractivity contribution in [3.63, 3.8) is 0 Å². The van der Waals surface area contributed by atoms with Crippen LogP contribution in [0.15, 0.2) is 29.3 Å². The number of benzene rings is 1. The van der Waals surface area contributed by atoms with Crippen molar-refractivity contribution < 1.29 is 14.3 Å². The average molecular weight is 376 g/mol. The molecule has 2 rings (SSSR count). The molecule has 0 aromatic heterocycles. The van der Waals surface area contributed by atoms with Gasteiger partial charge in [-0.05, 0) is 45.7 Å². The molecule has 1 aromatic carbocycles. The van der Waals surface area contributed by atoms with Crippen LogP contribution in [0.25, 0.3) is 0 Å². The molecule has 0 spiro atoms. The predicted molar refractivity (Wildman–Crippen MR) is 108 cm³/mol. The first-order chi connectivity index (χ1) is 13.1. The molecule has 1 saturated heterocycles. The molecule has 0 atom stereocenters. The van der Waals surface area contributed by atoms with E-state index in [9.17, 15) is 4.79 Å². The predicted octanol–water partition coefficient (Wildman–Crippen LogP) is 3.00. The van der Waals surface area contributed by atoms with Crippen molar-refractivity contribution in [1.82, 2.24) is 10.2 Å². The largest absolute Gasteiger partial charge is 0.494 e. The quantitative estimate of drug-likeness (QED) is 0.328. The topological polar surface area (TPSA) is 63.2 Å². The van der Waals surface area contributed by atoms with E-state index in [1.54, 1.807) is 0 Å². The summed E-state index contributed by atoms with van der Waals surface area (Å²) < 4.78 is 10.9. The van der Waals surface area contributed by atoms with Crippen LogP contribution in [0.4, 0.5) is 0 Å². The van der Waals surface area contributed by atoms with Crippen LogP contribution in [-0.2, 0) is 9.53 Å². The number of piperidine rings is 1. The molecule has 0 aliphatic carbocycles. The zero-order valence-electron chi connectivity index (χ0n) is 16.9. The van der Waals surface area contributed by atoms with Crippen LogP contribution >= 0.6 is 0 Å². The summed E-state index contributed by atoms with van der Waals surface area (Å²) >= 11 is 0. The van der Waals surface area contributed by atoms with Gasteiger partial charge >= 0.3 is 5.97 Å². The molecule has 1 heterocycles. The highest BCUT2D eigenvalue weighted by atomic mass is 16.5. The van der Waals surface area contributed by atoms with Gasteiger partial charge in [-0.2, -0.15) is 0 Å². The highest BCUT2D eigenvalue weighted by Gasteiger charge is 2.27. The van der Waals surface area contributed by atoms with Gasteiger partial charge in [0.25, 0.3) is 0 Å². The van der Waals surface area contributed by atoms with Crippen LogP contribution in [-0.4, -0.2) is 56.2 Å². The minimum atomic E-state index is -0.0626. The number of aliphatic imine (C=N–C) groups is 1. The highest BCUT2D eigenvalue weighted by molar-refractivity contribution is 5.80. The molecule has 150 valence electrons. The molecular weight excluding hydrogens is 342 g/mol. The van der Waals surface area contributed by atoms with Gasteiger partial charge in [0, 0.05) is 32.6 Å². The number of nitrogens with zero attached hydrogens (tertiary/aromatic N) is 2. The van der Waals surface area contributed by atoms with Crippen molar-refractivity contribution in [2.75, 3.05) is 39.4 Å². The standard InChI is InChI=1S/C21H33N3O3/c1-4-22-21(24-14-11-18(12-15-24)20(25)26-5-2)23-13-6-16-27-19-9-7-17(3)8-10-19/h7-10,18H,4-6,11-16H2,1-3H3,(H,22,23). The molecule has 6 nitrogen and oxygen atoms in total. The van der Waals surface area contributed by atoms with Gasteiger partial charge in [0.05, 0.1) is 19.1 Å². The second kappa shape index (κ2) is 11.5. The lowest BCUT2D eigenvalue weighted by Gasteiger charge is -2.33. The Hall–Kier alpha value is -2.24. The van der Waals surface area contributed by atoms with Crippen molar-refractivity contribution in [1.29, 1.82) is 0 Å². The molecule has 0 unspecified atom stereocenters. The molecule has 0 radical (unpaired) electrons. The first-order valence-corrected chi connectivity index (χ1v) is 10.0. The van der Waals surface area contributed by atoms with E-state index >= 15 is 0 Å². The number of carbonyl (C=O) groups is 1. The Bertz CT molecular complexity index is 593. The summed E-state index contributed by atoms with van der Waals surface area (Å²) in [6, 6.07) is 8.10. The van der Waals surface area contributed by atoms with E-state index in [-0.39, 0.29) is 11.9 Å². The minimum absolute atomic E-state index is 0.0204. The van der Waals surface area contributed by atoms with E-state index in [2.05, 4.69) is 36.2 Å². The molecule has 6 heteroatoms. The number of aryl methyl sites for hydroxylation is 1. The Morgan fingerprint density at radius 1 is 1.22 bits per heavy atom. The number of guanidine groups is 1. The van der Waals surface area contributed by atoms with Crippen LogP contribution in [0, 0.1) is 12.8 Å². The lowest BCUT2D eigenvalue weighted by Crippen LogP contribution is -2.46. The summed E-state index contributed by atoms with van der Waals surface area (Å²) in [5.74, 6) is 1.78. The van der Waals surface area contributed by atoms with Crippen LogP contribution < -0.4 is 10.1 Å². The first-order valence-electron chi connectivity index (χ1n) is 10.0. The van der Waals surface area contributed by atoms with E-state index in [0.29, 0.717) is 19.8 Å². The van der Waals surface area contributed by atoms with Crippen molar-refractivity contribution in [2.24, 2.45) is 10.9 Å². The van der Waals surface area contributed by atoms with Gasteiger partial charge in [-0.1, -0.05) is 17.7 Å². The van der Waals surface area contributed by atoms with Gasteiger partial charge in [-0.3, -0.25) is 9.79 Å². The summed E-state index contributed by atoms with van der Waals surface area (Å²) in [5, 5.41) is 3.36. The monoisotopic (exact) mass is 375 g/mol. The van der Waals surface area contributed by atoms with Crippen LogP contribution in [0.5, 0.6) is 5.75 Å². The summed E-state index contributed by atoms with van der Waals surface area (Å²) in [5.41, 5.74) is 1.23. The maximum absolute atomic E-state index is 11.9. The summed E-state index contributed by atoms with van der Waals surface area (Å²) in [4.78, 5) is 18.8. The van der Waals surface area contributed by atoms with Gasteiger partial charge in [-0.25, -0.2) is 0 Å². The molecule has 0 amide bonds. The molecule has 1 fully saturated rings. The maximum Gasteiger partial charge on any atom is 0.309 e. The molecule has 1 N–H and O–H groups in total. The van der Waals surface area contributed by atoms with E-state index in [4.69, 9.17) is 14.5 Å². The molecule has 1 aliphatic heterocycles. The summed E-state index contributed by atoms with van der Waals surface area (Å²) in [6.45, 7) is 10.3. The summed E-state index contributed by atoms with van der Waals surface area (Å²) in [7, 11) is 0. The van der Waals surface area contributed by atoms with Crippen molar-refractivity contribution in [3.8, 4) is 5.75 Å². The number of hydrogen-bond donors (Lipinski definition) is 1. The second-order valence-corrected chi connectivity index (χ2v) is 6.76. The van der Waals surface area contributed by atoms with Crippen LogP contribution in [0.3, 0.4) is 0 Å². The fourth-order valence-corrected chi connectivity index (χ4v) is 3.09. The lowest BCUT2D eigenvalue weighted by molar-refractivity contribution is -0.149. The number of hydrogen-bond acceptors (Lipinski definition) is 4. The fraction of sp³-hybridized carbons (Fsp3) is 0.619. The Morgan fingerprint density at radius 3 is 2.56 bits per heavy atom. The van der Waals surface area contributed by atoms with Gasteiger partial charge in [0.2, 0.25) is 0 Å². The fourth-order valence-electron chi connectivity index (χ4n) is 3.09. The normalized spacial score (nSPS) is 15.5. The van der Waals surface area contributed by atoms with Crippen molar-refractivity contribution >= 4 is 11.9 Å². The summed E-state index contributed by atoms with van der Waals surface area (Å²) in [6.07, 6.45) is 2.50. The minimum Gasteiger partial charge on any atom is -0.494 e. The van der Waals surface area contributed by atoms with Gasteiger partial charge in [-0.15, -0.1) is 0 Å². The number of nitrogens with one attached hydrogen (secondary N) is 1. The Labute approximate surface area is 162 Å². The Balaban J connectivity index is 1.75. The van der Waals surface area contributed by atoms with E-state index < -0.39 is 0 Å². The first kappa shape index (κ1) is 21.1. The third-order valence-electron chi connectivity index (χ3n) is 4.60. The third-order valence-corrected chi connectivity index (χ3v) is 4.60. The van der Waals surface area contributed by atoms with Gasteiger partial charge in [0.15, 0.2) is 5.96 Å². The zero-order chi connectivity index (χ0) is 19.5. The number of likely N-dealkylation sites (tertiary alicyclic amines) is 1. The maximum atomic E-state index is 11.9. The average Bonchev–Trinajstić information content (AvgIpc) is 2.68. The Morgan fingerprint density at radius 2 is 1.93 bits per heavy atom. The number of carbonyl (C=O) groups excluding carboxylic acids is 1. The third kappa shape index (κ3) is 7.12. The number of esters is 1. The van der Waals surface area contributed by atoms with E-state index in [1.165, 1.54) is 5.56 Å². The van der Waals surface area contributed by atoms with Gasteiger partial charge in [0.1, 0.15) is 5.75 Å². The number of ether oxygens (including phenoxy) is 2. The van der Waals surface area contributed by atoms with Gasteiger partial charge < -0.3 is 19.7 Å². The number of rotatable bonds is 8. The highest BCUT2D eigenvalue weighted by Crippen LogP contribution is 2.19. The molecule has 27 heavy (non-hydrogen) atoms.